The Hall–Kier alpha value is -2.97. The number of rotatable bonds is 7. The van der Waals surface area contributed by atoms with Crippen molar-refractivity contribution in [2.75, 3.05) is 39.3 Å². The third-order valence-electron chi connectivity index (χ3n) is 10.1. The van der Waals surface area contributed by atoms with Gasteiger partial charge in [0.15, 0.2) is 0 Å². The molecule has 1 aromatic heterocycles. The number of piperazine rings is 1. The quantitative estimate of drug-likeness (QED) is 0.516. The van der Waals surface area contributed by atoms with E-state index in [-0.39, 0.29) is 29.8 Å². The fourth-order valence-corrected chi connectivity index (χ4v) is 7.22. The molecule has 1 aromatic carbocycles. The largest absolute Gasteiger partial charge is 0.387 e. The van der Waals surface area contributed by atoms with E-state index in [0.29, 0.717) is 49.6 Å². The Morgan fingerprint density at radius 3 is 2.38 bits per heavy atom. The predicted molar refractivity (Wildman–Crippen MR) is 165 cm³/mol. The van der Waals surface area contributed by atoms with Crippen LogP contribution in [-0.2, 0) is 11.3 Å². The number of carbonyl (C=O) groups is 2. The summed E-state index contributed by atoms with van der Waals surface area (Å²) in [4.78, 5) is 44.5. The van der Waals surface area contributed by atoms with Crippen molar-refractivity contribution in [1.82, 2.24) is 19.7 Å². The molecule has 2 aliphatic heterocycles. The minimum atomic E-state index is -1.22. The number of likely N-dealkylation sites (tertiary alicyclic amines) is 1. The normalized spacial score (nSPS) is 23.9. The maximum absolute atomic E-state index is 13.8. The van der Waals surface area contributed by atoms with Gasteiger partial charge in [0.05, 0.1) is 17.7 Å². The Bertz CT molecular complexity index is 1310. The van der Waals surface area contributed by atoms with Gasteiger partial charge in [0.1, 0.15) is 0 Å². The summed E-state index contributed by atoms with van der Waals surface area (Å²) >= 11 is 0. The first-order chi connectivity index (χ1) is 20.1. The molecule has 0 bridgehead atoms. The molecule has 8 nitrogen and oxygen atoms in total. The number of nitrogens with zero attached hydrogens (tertiary/aromatic N) is 3. The first-order valence-corrected chi connectivity index (χ1v) is 15.9. The van der Waals surface area contributed by atoms with Crippen LogP contribution in [0.1, 0.15) is 76.1 Å². The van der Waals surface area contributed by atoms with Crippen molar-refractivity contribution in [2.24, 2.45) is 17.3 Å². The van der Waals surface area contributed by atoms with E-state index in [2.05, 4.69) is 12.2 Å². The first kappa shape index (κ1) is 30.5. The maximum Gasteiger partial charge on any atom is 0.256 e. The van der Waals surface area contributed by atoms with Crippen LogP contribution in [0.25, 0.3) is 11.1 Å². The van der Waals surface area contributed by atoms with E-state index in [1.54, 1.807) is 6.20 Å². The molecular weight excluding hydrogens is 528 g/mol. The van der Waals surface area contributed by atoms with Crippen LogP contribution in [0, 0.1) is 17.3 Å². The van der Waals surface area contributed by atoms with Gasteiger partial charge in [-0.2, -0.15) is 0 Å². The summed E-state index contributed by atoms with van der Waals surface area (Å²) in [5.41, 5.74) is -0.231. The van der Waals surface area contributed by atoms with Gasteiger partial charge in [0.2, 0.25) is 5.91 Å². The van der Waals surface area contributed by atoms with Crippen LogP contribution in [0.15, 0.2) is 47.4 Å². The molecule has 1 saturated carbocycles. The molecule has 3 fully saturated rings. The van der Waals surface area contributed by atoms with Gasteiger partial charge in [-0.3, -0.25) is 14.4 Å². The Morgan fingerprint density at radius 1 is 1.02 bits per heavy atom. The second-order valence-electron chi connectivity index (χ2n) is 13.5. The maximum atomic E-state index is 13.8. The number of hydrogen-bond donors (Lipinski definition) is 2. The molecule has 8 heteroatoms. The first-order valence-electron chi connectivity index (χ1n) is 15.9. The van der Waals surface area contributed by atoms with E-state index in [9.17, 15) is 19.5 Å². The lowest BCUT2D eigenvalue weighted by Gasteiger charge is -2.51. The molecule has 5 rings (SSSR count). The molecule has 42 heavy (non-hydrogen) atoms. The monoisotopic (exact) mass is 576 g/mol. The molecule has 2 amide bonds. The summed E-state index contributed by atoms with van der Waals surface area (Å²) in [6.07, 6.45) is 9.24. The highest BCUT2D eigenvalue weighted by molar-refractivity contribution is 6.00. The molecule has 2 saturated heterocycles. The summed E-state index contributed by atoms with van der Waals surface area (Å²) in [5.74, 6) is 0.671. The van der Waals surface area contributed by atoms with Crippen molar-refractivity contribution < 1.29 is 14.7 Å². The van der Waals surface area contributed by atoms with Crippen LogP contribution < -0.4 is 10.9 Å². The number of aromatic nitrogens is 1. The number of piperidine rings is 1. The number of carbonyl (C=O) groups excluding carboxylic acids is 2. The van der Waals surface area contributed by atoms with Gasteiger partial charge in [0, 0.05) is 68.4 Å². The second kappa shape index (κ2) is 12.7. The van der Waals surface area contributed by atoms with Gasteiger partial charge in [-0.05, 0) is 24.3 Å². The van der Waals surface area contributed by atoms with E-state index in [0.717, 1.165) is 25.1 Å². The Morgan fingerprint density at radius 2 is 1.71 bits per heavy atom. The minimum absolute atomic E-state index is 0.0261. The SMILES string of the molecule is C[C@H](CC1CCCCC1)C(=O)N1CC[C@@](O)(Cn2cc(C(=O)N3CCNCC3)c(-c3ccccc3)cc2=O)C(C)(C)C1. The molecule has 3 heterocycles. The van der Waals surface area contributed by atoms with Gasteiger partial charge in [-0.1, -0.05) is 83.2 Å². The minimum Gasteiger partial charge on any atom is -0.387 e. The van der Waals surface area contributed by atoms with Gasteiger partial charge < -0.3 is 24.8 Å². The number of hydrogen-bond acceptors (Lipinski definition) is 5. The highest BCUT2D eigenvalue weighted by Gasteiger charge is 2.49. The highest BCUT2D eigenvalue weighted by Crippen LogP contribution is 2.41. The van der Waals surface area contributed by atoms with E-state index < -0.39 is 11.0 Å². The van der Waals surface area contributed by atoms with Crippen LogP contribution >= 0.6 is 0 Å². The molecule has 2 aromatic rings. The summed E-state index contributed by atoms with van der Waals surface area (Å²) in [5, 5.41) is 15.3. The van der Waals surface area contributed by atoms with Gasteiger partial charge >= 0.3 is 0 Å². The fourth-order valence-electron chi connectivity index (χ4n) is 7.22. The molecule has 3 aliphatic rings. The lowest BCUT2D eigenvalue weighted by molar-refractivity contribution is -0.157. The van der Waals surface area contributed by atoms with Crippen LogP contribution in [0.2, 0.25) is 0 Å². The summed E-state index contributed by atoms with van der Waals surface area (Å²) < 4.78 is 1.51. The smallest absolute Gasteiger partial charge is 0.256 e. The molecule has 1 aliphatic carbocycles. The van der Waals surface area contributed by atoms with Crippen molar-refractivity contribution in [1.29, 1.82) is 0 Å². The van der Waals surface area contributed by atoms with Crippen LogP contribution in [0.5, 0.6) is 0 Å². The molecule has 2 atom stereocenters. The molecule has 228 valence electrons. The topological polar surface area (TPSA) is 94.9 Å². The van der Waals surface area contributed by atoms with Crippen molar-refractivity contribution >= 4 is 11.8 Å². The van der Waals surface area contributed by atoms with Gasteiger partial charge in [-0.15, -0.1) is 0 Å². The average molecular weight is 577 g/mol. The summed E-state index contributed by atoms with van der Waals surface area (Å²) in [6.45, 7) is 9.63. The predicted octanol–water partition coefficient (Wildman–Crippen LogP) is 4.16. The zero-order valence-corrected chi connectivity index (χ0v) is 25.6. The fraction of sp³-hybridized carbons (Fsp3) is 0.618. The average Bonchev–Trinajstić information content (AvgIpc) is 3.00. The number of aliphatic hydroxyl groups is 1. The van der Waals surface area contributed by atoms with Crippen LogP contribution in [0.4, 0.5) is 0 Å². The number of nitrogens with one attached hydrogen (secondary N) is 1. The van der Waals surface area contributed by atoms with E-state index in [1.165, 1.54) is 42.7 Å². The van der Waals surface area contributed by atoms with Crippen LogP contribution in [-0.4, -0.2) is 76.2 Å². The lowest BCUT2D eigenvalue weighted by atomic mass is 9.69. The van der Waals surface area contributed by atoms with Crippen molar-refractivity contribution in [2.45, 2.75) is 77.9 Å². The van der Waals surface area contributed by atoms with Crippen LogP contribution in [0.3, 0.4) is 0 Å². The Balaban J connectivity index is 1.36. The van der Waals surface area contributed by atoms with E-state index in [4.69, 9.17) is 0 Å². The number of pyridine rings is 1. The summed E-state index contributed by atoms with van der Waals surface area (Å²) in [6, 6.07) is 11.1. The lowest BCUT2D eigenvalue weighted by Crippen LogP contribution is -2.61. The van der Waals surface area contributed by atoms with Crippen molar-refractivity contribution in [3.05, 3.63) is 58.5 Å². The Kier molecular flexibility index (Phi) is 9.23. The van der Waals surface area contributed by atoms with Crippen molar-refractivity contribution in [3.8, 4) is 11.1 Å². The highest BCUT2D eigenvalue weighted by atomic mass is 16.3. The van der Waals surface area contributed by atoms with E-state index >= 15 is 0 Å². The zero-order valence-electron chi connectivity index (χ0n) is 25.6. The number of amides is 2. The Labute approximate surface area is 250 Å². The van der Waals surface area contributed by atoms with Crippen molar-refractivity contribution in [3.63, 3.8) is 0 Å². The molecule has 0 spiro atoms. The second-order valence-corrected chi connectivity index (χ2v) is 13.5. The van der Waals surface area contributed by atoms with Gasteiger partial charge in [0.25, 0.3) is 11.5 Å². The number of benzene rings is 1. The summed E-state index contributed by atoms with van der Waals surface area (Å²) in [7, 11) is 0. The molecule has 0 unspecified atom stereocenters. The van der Waals surface area contributed by atoms with E-state index in [1.807, 2.05) is 54.0 Å². The third kappa shape index (κ3) is 6.50. The van der Waals surface area contributed by atoms with Gasteiger partial charge in [-0.25, -0.2) is 0 Å². The molecule has 2 N–H and O–H groups in total. The third-order valence-corrected chi connectivity index (χ3v) is 10.1. The standard InChI is InChI=1S/C34H48N4O4/c1-25(20-26-10-6-4-7-11-26)31(40)37-17-14-34(42,33(2,3)23-37)24-38-22-29(32(41)36-18-15-35-16-19-36)28(21-30(38)39)27-12-8-5-9-13-27/h5,8-9,12-13,21-22,25-26,35,42H,4,6-7,10-11,14-20,23-24H2,1-3H3/t25-,34-/m1/s1. The molecule has 0 radical (unpaired) electrons. The molecular formula is C34H48N4O4. The zero-order chi connectivity index (χ0) is 29.9.